The highest BCUT2D eigenvalue weighted by atomic mass is 35.5. The Balaban J connectivity index is 1.16. The number of nitrogens with zero attached hydrogens (tertiary/aromatic N) is 3. The smallest absolute Gasteiger partial charge is 0.407 e. The number of rotatable bonds is 5. The van der Waals surface area contributed by atoms with Crippen LogP contribution in [0.3, 0.4) is 0 Å². The molecule has 0 radical (unpaired) electrons. The van der Waals surface area contributed by atoms with Gasteiger partial charge < -0.3 is 24.8 Å². The van der Waals surface area contributed by atoms with Gasteiger partial charge in [0.1, 0.15) is 23.7 Å². The van der Waals surface area contributed by atoms with Crippen molar-refractivity contribution in [2.45, 2.75) is 10.4 Å². The van der Waals surface area contributed by atoms with Crippen molar-refractivity contribution in [3.8, 4) is 0 Å². The fraction of sp³-hybridized carbons (Fsp3) is 0.375. The molecule has 5 rings (SSSR count). The van der Waals surface area contributed by atoms with Gasteiger partial charge in [-0.2, -0.15) is 0 Å². The van der Waals surface area contributed by atoms with Gasteiger partial charge in [0.05, 0.1) is 20.7 Å². The van der Waals surface area contributed by atoms with Crippen molar-refractivity contribution in [2.24, 2.45) is 0 Å². The Labute approximate surface area is 214 Å². The summed E-state index contributed by atoms with van der Waals surface area (Å²) in [5.74, 6) is -1.06. The molecule has 1 N–H and O–H groups in total. The topological polar surface area (TPSA) is 99.3 Å². The molecular formula is C24H24ClFN4O5S. The quantitative estimate of drug-likeness (QED) is 0.629. The van der Waals surface area contributed by atoms with Gasteiger partial charge in [-0.05, 0) is 36.4 Å². The molecular weight excluding hydrogens is 511 g/mol. The Hall–Kier alpha value is -3.18. The second kappa shape index (κ2) is 9.70. The molecule has 36 heavy (non-hydrogen) atoms. The molecule has 3 heterocycles. The van der Waals surface area contributed by atoms with Crippen LogP contribution in [0.4, 0.5) is 14.9 Å². The van der Waals surface area contributed by atoms with E-state index in [0.717, 1.165) is 5.69 Å². The number of carbonyl (C=O) groups excluding carboxylic acids is 3. The van der Waals surface area contributed by atoms with Crippen LogP contribution in [0.5, 0.6) is 0 Å². The fourth-order valence-electron chi connectivity index (χ4n) is 4.65. The van der Waals surface area contributed by atoms with Crippen molar-refractivity contribution in [1.29, 1.82) is 0 Å². The van der Waals surface area contributed by atoms with Crippen molar-refractivity contribution < 1.29 is 27.7 Å². The molecule has 1 spiro atoms. The van der Waals surface area contributed by atoms with Gasteiger partial charge in [0, 0.05) is 50.5 Å². The molecule has 190 valence electrons. The molecule has 0 bridgehead atoms. The van der Waals surface area contributed by atoms with Crippen LogP contribution in [0, 0.1) is 5.82 Å². The summed E-state index contributed by atoms with van der Waals surface area (Å²) < 4.78 is 31.2. The van der Waals surface area contributed by atoms with Crippen molar-refractivity contribution >= 4 is 46.0 Å². The van der Waals surface area contributed by atoms with Crippen molar-refractivity contribution in [3.63, 3.8) is 0 Å². The number of likely N-dealkylation sites (tertiary alicyclic amines) is 1. The maximum absolute atomic E-state index is 13.5. The molecule has 12 heteroatoms. The highest BCUT2D eigenvalue weighted by molar-refractivity contribution is 7.85. The Kier molecular flexibility index (Phi) is 6.60. The summed E-state index contributed by atoms with van der Waals surface area (Å²) in [6.45, 7) is 2.90. The highest BCUT2D eigenvalue weighted by Gasteiger charge is 2.51. The van der Waals surface area contributed by atoms with Crippen LogP contribution >= 0.6 is 11.6 Å². The molecule has 3 amide bonds. The van der Waals surface area contributed by atoms with E-state index in [2.05, 4.69) is 5.32 Å². The third-order valence-corrected chi connectivity index (χ3v) is 8.39. The lowest BCUT2D eigenvalue weighted by Gasteiger charge is -2.45. The predicted molar refractivity (Wildman–Crippen MR) is 131 cm³/mol. The minimum atomic E-state index is -1.69. The number of amides is 3. The Morgan fingerprint density at radius 3 is 2.47 bits per heavy atom. The SMILES string of the molecule is O=C1NC2(CO1)CN(C(=O)CS(=O)c1ccc(C(=O)N3CCN(c4cccc(F)c4)CC3)cc1Cl)C2. The van der Waals surface area contributed by atoms with E-state index in [4.69, 9.17) is 16.3 Å². The number of anilines is 1. The van der Waals surface area contributed by atoms with Gasteiger partial charge in [0.25, 0.3) is 5.91 Å². The first-order valence-corrected chi connectivity index (χ1v) is 13.1. The summed E-state index contributed by atoms with van der Waals surface area (Å²) in [4.78, 5) is 42.3. The number of alkyl carbamates (subject to hydrolysis) is 1. The van der Waals surface area contributed by atoms with E-state index in [-0.39, 0.29) is 39.9 Å². The lowest BCUT2D eigenvalue weighted by atomic mass is 9.92. The Bertz CT molecular complexity index is 1250. The lowest BCUT2D eigenvalue weighted by Crippen LogP contribution is -2.70. The molecule has 9 nitrogen and oxygen atoms in total. The van der Waals surface area contributed by atoms with Crippen LogP contribution in [0.2, 0.25) is 5.02 Å². The molecule has 2 aromatic rings. The van der Waals surface area contributed by atoms with Crippen LogP contribution in [-0.4, -0.2) is 89.1 Å². The zero-order valence-corrected chi connectivity index (χ0v) is 20.8. The molecule has 1 unspecified atom stereocenters. The highest BCUT2D eigenvalue weighted by Crippen LogP contribution is 2.27. The minimum absolute atomic E-state index is 0.155. The van der Waals surface area contributed by atoms with Gasteiger partial charge >= 0.3 is 6.09 Å². The molecule has 3 aliphatic rings. The molecule has 1 atom stereocenters. The minimum Gasteiger partial charge on any atom is -0.447 e. The summed E-state index contributed by atoms with van der Waals surface area (Å²) in [6, 6.07) is 10.9. The van der Waals surface area contributed by atoms with E-state index < -0.39 is 22.4 Å². The largest absolute Gasteiger partial charge is 0.447 e. The number of halogens is 2. The molecule has 0 aliphatic carbocycles. The average Bonchev–Trinajstić information content (AvgIpc) is 3.24. The fourth-order valence-corrected chi connectivity index (χ4v) is 6.14. The molecule has 3 saturated heterocycles. The summed E-state index contributed by atoms with van der Waals surface area (Å²) in [5.41, 5.74) is 0.602. The average molecular weight is 535 g/mol. The second-order valence-electron chi connectivity index (χ2n) is 9.13. The maximum Gasteiger partial charge on any atom is 0.407 e. The van der Waals surface area contributed by atoms with Gasteiger partial charge in [-0.1, -0.05) is 17.7 Å². The van der Waals surface area contributed by atoms with E-state index in [1.54, 1.807) is 17.0 Å². The number of carbonyl (C=O) groups is 3. The number of hydrogen-bond donors (Lipinski definition) is 1. The maximum atomic E-state index is 13.5. The molecule has 0 saturated carbocycles. The van der Waals surface area contributed by atoms with Crippen LogP contribution < -0.4 is 10.2 Å². The van der Waals surface area contributed by atoms with Crippen LogP contribution in [-0.2, 0) is 20.3 Å². The predicted octanol–water partition coefficient (Wildman–Crippen LogP) is 1.87. The number of ether oxygens (including phenoxy) is 1. The summed E-state index contributed by atoms with van der Waals surface area (Å²) in [7, 11) is -1.69. The summed E-state index contributed by atoms with van der Waals surface area (Å²) >= 11 is 6.35. The van der Waals surface area contributed by atoms with E-state index in [0.29, 0.717) is 44.8 Å². The Morgan fingerprint density at radius 1 is 1.08 bits per heavy atom. The molecule has 3 aliphatic heterocycles. The first-order chi connectivity index (χ1) is 17.2. The Morgan fingerprint density at radius 2 is 1.83 bits per heavy atom. The first-order valence-electron chi connectivity index (χ1n) is 11.4. The van der Waals surface area contributed by atoms with E-state index >= 15 is 0 Å². The van der Waals surface area contributed by atoms with Gasteiger partial charge in [0.2, 0.25) is 5.91 Å². The van der Waals surface area contributed by atoms with Gasteiger partial charge in [0.15, 0.2) is 0 Å². The molecule has 3 fully saturated rings. The number of nitrogens with one attached hydrogen (secondary N) is 1. The lowest BCUT2D eigenvalue weighted by molar-refractivity contribution is -0.136. The summed E-state index contributed by atoms with van der Waals surface area (Å²) in [5, 5.41) is 2.85. The number of benzene rings is 2. The van der Waals surface area contributed by atoms with Crippen LogP contribution in [0.15, 0.2) is 47.4 Å². The monoisotopic (exact) mass is 534 g/mol. The first kappa shape index (κ1) is 24.5. The summed E-state index contributed by atoms with van der Waals surface area (Å²) in [6.07, 6.45) is -0.499. The van der Waals surface area contributed by atoms with Gasteiger partial charge in [-0.3, -0.25) is 13.8 Å². The van der Waals surface area contributed by atoms with Gasteiger partial charge in [-0.15, -0.1) is 0 Å². The third kappa shape index (κ3) is 4.90. The van der Waals surface area contributed by atoms with E-state index in [9.17, 15) is 23.0 Å². The van der Waals surface area contributed by atoms with Crippen LogP contribution in [0.1, 0.15) is 10.4 Å². The normalized spacial score (nSPS) is 19.5. The second-order valence-corrected chi connectivity index (χ2v) is 11.0. The third-order valence-electron chi connectivity index (χ3n) is 6.61. The number of cyclic esters (lactones) is 1. The molecule has 0 aromatic heterocycles. The standard InChI is InChI=1S/C24H24ClFN4O5S/c25-19-10-16(22(32)29-8-6-28(7-9-29)18-3-1-2-17(26)11-18)4-5-20(19)36(34)12-21(31)30-13-24(14-30)15-35-23(33)27-24/h1-5,10-11H,6-9,12-15H2,(H,27,33). The number of hydrogen-bond acceptors (Lipinski definition) is 6. The van der Waals surface area contributed by atoms with Crippen molar-refractivity contribution in [3.05, 3.63) is 58.9 Å². The molecule has 2 aromatic carbocycles. The zero-order valence-electron chi connectivity index (χ0n) is 19.2. The van der Waals surface area contributed by atoms with Crippen LogP contribution in [0.25, 0.3) is 0 Å². The van der Waals surface area contributed by atoms with Crippen molar-refractivity contribution in [2.75, 3.05) is 56.5 Å². The van der Waals surface area contributed by atoms with Crippen molar-refractivity contribution in [1.82, 2.24) is 15.1 Å². The van der Waals surface area contributed by atoms with Gasteiger partial charge in [-0.25, -0.2) is 9.18 Å². The van der Waals surface area contributed by atoms with E-state index in [1.807, 2.05) is 11.0 Å². The number of piperazine rings is 1. The van der Waals surface area contributed by atoms with E-state index in [1.165, 1.54) is 29.2 Å². The zero-order chi connectivity index (χ0) is 25.4.